The van der Waals surface area contributed by atoms with E-state index in [9.17, 15) is 4.79 Å². The fraction of sp³-hybridized carbons (Fsp3) is 0.500. The second-order valence-electron chi connectivity index (χ2n) is 8.52. The summed E-state index contributed by atoms with van der Waals surface area (Å²) in [6.45, 7) is 0. The van der Waals surface area contributed by atoms with Crippen molar-refractivity contribution in [2.24, 2.45) is 11.7 Å². The van der Waals surface area contributed by atoms with Crippen LogP contribution in [0.1, 0.15) is 62.5 Å². The predicted octanol–water partition coefficient (Wildman–Crippen LogP) is 5.03. The Balaban J connectivity index is 1.52. The molecule has 1 amide bonds. The molecule has 0 aromatic heterocycles. The first-order valence-electron chi connectivity index (χ1n) is 11.4. The molecule has 3 N–H and O–H groups in total. The molecule has 0 radical (unpaired) electrons. The minimum Gasteiger partial charge on any atom is -0.352 e. The summed E-state index contributed by atoms with van der Waals surface area (Å²) in [6, 6.07) is 21.4. The fourth-order valence-corrected chi connectivity index (χ4v) is 4.44. The lowest BCUT2D eigenvalue weighted by molar-refractivity contribution is -0.126. The van der Waals surface area contributed by atoms with E-state index in [2.05, 4.69) is 66.0 Å². The standard InChI is InChI=1S/C26H36N2O/c27-24-19-7-8-20-25(24)28-26(29)23(17-9-15-21-11-3-1-4-12-21)18-10-16-22-13-5-2-6-14-22/h1-6,11-14,23-25H,7-10,15-20,27H2,(H,28,29)/t24-,25-/m1/s1. The van der Waals surface area contributed by atoms with E-state index in [1.807, 2.05) is 0 Å². The summed E-state index contributed by atoms with van der Waals surface area (Å²) >= 11 is 0. The summed E-state index contributed by atoms with van der Waals surface area (Å²) < 4.78 is 0. The number of benzene rings is 2. The summed E-state index contributed by atoms with van der Waals surface area (Å²) in [5.41, 5.74) is 8.97. The first kappa shape index (κ1) is 21.6. The highest BCUT2D eigenvalue weighted by Gasteiger charge is 2.26. The Morgan fingerprint density at radius 3 is 1.90 bits per heavy atom. The van der Waals surface area contributed by atoms with E-state index in [0.29, 0.717) is 0 Å². The van der Waals surface area contributed by atoms with Crippen LogP contribution in [0.3, 0.4) is 0 Å². The first-order valence-corrected chi connectivity index (χ1v) is 11.4. The number of nitrogens with one attached hydrogen (secondary N) is 1. The van der Waals surface area contributed by atoms with Crippen LogP contribution in [0, 0.1) is 5.92 Å². The molecule has 3 rings (SSSR count). The zero-order valence-electron chi connectivity index (χ0n) is 17.6. The average Bonchev–Trinajstić information content (AvgIpc) is 2.76. The Morgan fingerprint density at radius 1 is 0.862 bits per heavy atom. The van der Waals surface area contributed by atoms with Crippen LogP contribution in [0.4, 0.5) is 0 Å². The van der Waals surface area contributed by atoms with Crippen LogP contribution in [0.5, 0.6) is 0 Å². The molecule has 0 spiro atoms. The fourth-order valence-electron chi connectivity index (χ4n) is 4.44. The lowest BCUT2D eigenvalue weighted by Crippen LogP contribution is -2.50. The number of nitrogens with two attached hydrogens (primary N) is 1. The van der Waals surface area contributed by atoms with Gasteiger partial charge in [0.15, 0.2) is 0 Å². The number of amides is 1. The van der Waals surface area contributed by atoms with Gasteiger partial charge in [0.25, 0.3) is 0 Å². The number of aryl methyl sites for hydroxylation is 2. The van der Waals surface area contributed by atoms with Crippen molar-refractivity contribution in [3.8, 4) is 0 Å². The number of carbonyl (C=O) groups is 1. The summed E-state index contributed by atoms with van der Waals surface area (Å²) in [6.07, 6.45) is 10.4. The van der Waals surface area contributed by atoms with E-state index < -0.39 is 0 Å². The molecular formula is C26H36N2O. The van der Waals surface area contributed by atoms with E-state index in [1.54, 1.807) is 0 Å². The third kappa shape index (κ3) is 7.32. The van der Waals surface area contributed by atoms with E-state index >= 15 is 0 Å². The van der Waals surface area contributed by atoms with Crippen molar-refractivity contribution >= 4 is 5.91 Å². The van der Waals surface area contributed by atoms with Crippen molar-refractivity contribution in [2.75, 3.05) is 0 Å². The van der Waals surface area contributed by atoms with Crippen molar-refractivity contribution in [3.63, 3.8) is 0 Å². The quantitative estimate of drug-likeness (QED) is 0.595. The zero-order valence-corrected chi connectivity index (χ0v) is 17.6. The van der Waals surface area contributed by atoms with Crippen molar-refractivity contribution < 1.29 is 4.79 Å². The molecule has 156 valence electrons. The summed E-state index contributed by atoms with van der Waals surface area (Å²) in [5, 5.41) is 3.30. The van der Waals surface area contributed by atoms with E-state index in [1.165, 1.54) is 24.0 Å². The third-order valence-corrected chi connectivity index (χ3v) is 6.24. The predicted molar refractivity (Wildman–Crippen MR) is 121 cm³/mol. The largest absolute Gasteiger partial charge is 0.352 e. The van der Waals surface area contributed by atoms with Crippen LogP contribution in [-0.4, -0.2) is 18.0 Å². The van der Waals surface area contributed by atoms with Gasteiger partial charge in [0.1, 0.15) is 0 Å². The molecule has 1 aliphatic rings. The van der Waals surface area contributed by atoms with Crippen molar-refractivity contribution in [2.45, 2.75) is 76.3 Å². The van der Waals surface area contributed by atoms with Crippen LogP contribution in [0.25, 0.3) is 0 Å². The Kier molecular flexibility index (Phi) is 8.76. The minimum atomic E-state index is 0.0801. The number of hydrogen-bond acceptors (Lipinski definition) is 2. The highest BCUT2D eigenvalue weighted by Crippen LogP contribution is 2.21. The molecule has 3 heteroatoms. The lowest BCUT2D eigenvalue weighted by atomic mass is 9.89. The smallest absolute Gasteiger partial charge is 0.223 e. The van der Waals surface area contributed by atoms with Gasteiger partial charge in [-0.1, -0.05) is 73.5 Å². The minimum absolute atomic E-state index is 0.0801. The molecule has 1 saturated carbocycles. The molecule has 2 aromatic carbocycles. The maximum Gasteiger partial charge on any atom is 0.223 e. The molecule has 1 fully saturated rings. The Labute approximate surface area is 176 Å². The maximum atomic E-state index is 13.1. The molecule has 0 aliphatic heterocycles. The van der Waals surface area contributed by atoms with Gasteiger partial charge >= 0.3 is 0 Å². The van der Waals surface area contributed by atoms with Gasteiger partial charge in [0.05, 0.1) is 0 Å². The number of carbonyl (C=O) groups excluding carboxylic acids is 1. The van der Waals surface area contributed by atoms with Crippen LogP contribution in [-0.2, 0) is 17.6 Å². The SMILES string of the molecule is N[C@@H]1CCCC[C@H]1NC(=O)C(CCCc1ccccc1)CCCc1ccccc1. The second kappa shape index (κ2) is 11.8. The summed E-state index contributed by atoms with van der Waals surface area (Å²) in [7, 11) is 0. The molecule has 1 aliphatic carbocycles. The lowest BCUT2D eigenvalue weighted by Gasteiger charge is -2.31. The third-order valence-electron chi connectivity index (χ3n) is 6.24. The molecular weight excluding hydrogens is 356 g/mol. The van der Waals surface area contributed by atoms with Gasteiger partial charge in [-0.05, 0) is 62.5 Å². The molecule has 0 unspecified atom stereocenters. The van der Waals surface area contributed by atoms with Crippen LogP contribution < -0.4 is 11.1 Å². The maximum absolute atomic E-state index is 13.1. The Bertz CT molecular complexity index is 671. The number of hydrogen-bond donors (Lipinski definition) is 2. The van der Waals surface area contributed by atoms with E-state index in [4.69, 9.17) is 5.73 Å². The van der Waals surface area contributed by atoms with Crippen molar-refractivity contribution in [3.05, 3.63) is 71.8 Å². The van der Waals surface area contributed by atoms with Crippen molar-refractivity contribution in [1.29, 1.82) is 0 Å². The van der Waals surface area contributed by atoms with Gasteiger partial charge in [0, 0.05) is 18.0 Å². The molecule has 29 heavy (non-hydrogen) atoms. The summed E-state index contributed by atoms with van der Waals surface area (Å²) in [4.78, 5) is 13.1. The topological polar surface area (TPSA) is 55.1 Å². The Hall–Kier alpha value is -2.13. The van der Waals surface area contributed by atoms with Crippen LogP contribution >= 0.6 is 0 Å². The van der Waals surface area contributed by atoms with E-state index in [0.717, 1.165) is 51.4 Å². The summed E-state index contributed by atoms with van der Waals surface area (Å²) in [5.74, 6) is 0.296. The molecule has 0 saturated heterocycles. The highest BCUT2D eigenvalue weighted by atomic mass is 16.1. The zero-order chi connectivity index (χ0) is 20.3. The first-order chi connectivity index (χ1) is 14.2. The molecule has 2 atom stereocenters. The van der Waals surface area contributed by atoms with Gasteiger partial charge < -0.3 is 11.1 Å². The van der Waals surface area contributed by atoms with Gasteiger partial charge in [-0.2, -0.15) is 0 Å². The van der Waals surface area contributed by atoms with Gasteiger partial charge in [-0.3, -0.25) is 4.79 Å². The average molecular weight is 393 g/mol. The van der Waals surface area contributed by atoms with Gasteiger partial charge in [0.2, 0.25) is 5.91 Å². The normalized spacial score (nSPS) is 19.2. The van der Waals surface area contributed by atoms with Gasteiger partial charge in [-0.15, -0.1) is 0 Å². The molecule has 2 aromatic rings. The van der Waals surface area contributed by atoms with E-state index in [-0.39, 0.29) is 23.9 Å². The molecule has 0 heterocycles. The number of rotatable bonds is 10. The van der Waals surface area contributed by atoms with Gasteiger partial charge in [-0.25, -0.2) is 0 Å². The highest BCUT2D eigenvalue weighted by molar-refractivity contribution is 5.79. The van der Waals surface area contributed by atoms with Crippen molar-refractivity contribution in [1.82, 2.24) is 5.32 Å². The monoisotopic (exact) mass is 392 g/mol. The van der Waals surface area contributed by atoms with Crippen LogP contribution in [0.15, 0.2) is 60.7 Å². The van der Waals surface area contributed by atoms with Crippen LogP contribution in [0.2, 0.25) is 0 Å². The molecule has 3 nitrogen and oxygen atoms in total. The second-order valence-corrected chi connectivity index (χ2v) is 8.52. The Morgan fingerprint density at radius 2 is 1.38 bits per heavy atom. The molecule has 0 bridgehead atoms.